The first-order valence-corrected chi connectivity index (χ1v) is 10.7. The van der Waals surface area contributed by atoms with E-state index in [9.17, 15) is 22.4 Å². The molecule has 2 heterocycles. The Bertz CT molecular complexity index is 1380. The number of amides is 1. The summed E-state index contributed by atoms with van der Waals surface area (Å²) in [4.78, 5) is 20.1. The number of aryl methyl sites for hydroxylation is 2. The minimum atomic E-state index is -4.68. The predicted molar refractivity (Wildman–Crippen MR) is 119 cm³/mol. The number of aromatic nitrogens is 4. The maximum absolute atomic E-state index is 13.3. The maximum Gasteiger partial charge on any atom is 0.453 e. The summed E-state index contributed by atoms with van der Waals surface area (Å²) >= 11 is 0. The standard InChI is InChI=1S/C24H21F4N5O2/c1-14-20(15(2)33-23(29-14)31-22(32-33)24(26,27)28)9-10-21(34)30-18-7-4-8-19(12-18)35-13-16-5-3-6-17(25)11-16/h3-8,11-12H,9-10,13H2,1-2H3,(H,30,34). The lowest BCUT2D eigenvalue weighted by Gasteiger charge is -2.11. The molecule has 0 aliphatic carbocycles. The normalized spacial score (nSPS) is 11.6. The average Bonchev–Trinajstić information content (AvgIpc) is 3.23. The third-order valence-corrected chi connectivity index (χ3v) is 5.32. The number of hydrogen-bond donors (Lipinski definition) is 1. The van der Waals surface area contributed by atoms with Gasteiger partial charge in [-0.05, 0) is 55.7 Å². The van der Waals surface area contributed by atoms with Gasteiger partial charge in [-0.25, -0.2) is 13.9 Å². The van der Waals surface area contributed by atoms with Gasteiger partial charge in [-0.1, -0.05) is 18.2 Å². The van der Waals surface area contributed by atoms with E-state index in [0.29, 0.717) is 34.0 Å². The molecule has 2 aromatic carbocycles. The largest absolute Gasteiger partial charge is 0.489 e. The zero-order valence-electron chi connectivity index (χ0n) is 18.9. The molecule has 0 saturated carbocycles. The van der Waals surface area contributed by atoms with Gasteiger partial charge in [0, 0.05) is 29.6 Å². The Balaban J connectivity index is 1.40. The molecule has 182 valence electrons. The van der Waals surface area contributed by atoms with E-state index in [-0.39, 0.29) is 37.0 Å². The third kappa shape index (κ3) is 5.73. The molecule has 0 bridgehead atoms. The van der Waals surface area contributed by atoms with E-state index < -0.39 is 12.0 Å². The highest BCUT2D eigenvalue weighted by atomic mass is 19.4. The quantitative estimate of drug-likeness (QED) is 0.369. The van der Waals surface area contributed by atoms with Crippen LogP contribution in [-0.2, 0) is 24.0 Å². The van der Waals surface area contributed by atoms with E-state index >= 15 is 0 Å². The SMILES string of the molecule is Cc1nc2nc(C(F)(F)F)nn2c(C)c1CCC(=O)Nc1cccc(OCc2cccc(F)c2)c1. The molecule has 2 aromatic heterocycles. The number of benzene rings is 2. The number of nitrogens with one attached hydrogen (secondary N) is 1. The smallest absolute Gasteiger partial charge is 0.453 e. The van der Waals surface area contributed by atoms with Crippen molar-refractivity contribution in [1.29, 1.82) is 0 Å². The van der Waals surface area contributed by atoms with Gasteiger partial charge in [-0.15, -0.1) is 5.10 Å². The van der Waals surface area contributed by atoms with Gasteiger partial charge < -0.3 is 10.1 Å². The van der Waals surface area contributed by atoms with Crippen LogP contribution in [0.4, 0.5) is 23.2 Å². The van der Waals surface area contributed by atoms with Gasteiger partial charge in [-0.3, -0.25) is 4.79 Å². The van der Waals surface area contributed by atoms with Gasteiger partial charge in [0.1, 0.15) is 18.2 Å². The van der Waals surface area contributed by atoms with Crippen LogP contribution >= 0.6 is 0 Å². The summed E-state index contributed by atoms with van der Waals surface area (Å²) in [5.41, 5.74) is 2.73. The molecule has 7 nitrogen and oxygen atoms in total. The lowest BCUT2D eigenvalue weighted by Crippen LogP contribution is -2.14. The molecule has 0 saturated heterocycles. The van der Waals surface area contributed by atoms with Gasteiger partial charge in [0.05, 0.1) is 0 Å². The van der Waals surface area contributed by atoms with Crippen LogP contribution < -0.4 is 10.1 Å². The van der Waals surface area contributed by atoms with Crippen LogP contribution in [0.15, 0.2) is 48.5 Å². The number of hydrogen-bond acceptors (Lipinski definition) is 5. The van der Waals surface area contributed by atoms with Crippen molar-refractivity contribution in [3.8, 4) is 5.75 Å². The lowest BCUT2D eigenvalue weighted by atomic mass is 10.1. The zero-order valence-corrected chi connectivity index (χ0v) is 18.9. The van der Waals surface area contributed by atoms with Crippen LogP contribution in [0, 0.1) is 19.7 Å². The van der Waals surface area contributed by atoms with Crippen molar-refractivity contribution in [2.45, 2.75) is 39.5 Å². The fourth-order valence-electron chi connectivity index (χ4n) is 3.61. The van der Waals surface area contributed by atoms with Crippen LogP contribution in [0.25, 0.3) is 5.78 Å². The van der Waals surface area contributed by atoms with E-state index in [0.717, 1.165) is 4.52 Å². The molecule has 1 N–H and O–H groups in total. The molecule has 0 fully saturated rings. The van der Waals surface area contributed by atoms with E-state index in [4.69, 9.17) is 4.74 Å². The summed E-state index contributed by atoms with van der Waals surface area (Å²) < 4.78 is 58.9. The molecule has 1 amide bonds. The van der Waals surface area contributed by atoms with Crippen molar-refractivity contribution in [1.82, 2.24) is 19.6 Å². The topological polar surface area (TPSA) is 81.4 Å². The molecule has 11 heteroatoms. The Morgan fingerprint density at radius 3 is 2.60 bits per heavy atom. The Morgan fingerprint density at radius 1 is 1.09 bits per heavy atom. The highest BCUT2D eigenvalue weighted by Crippen LogP contribution is 2.27. The minimum Gasteiger partial charge on any atom is -0.489 e. The molecular formula is C24H21F4N5O2. The lowest BCUT2D eigenvalue weighted by molar-refractivity contribution is -0.144. The summed E-state index contributed by atoms with van der Waals surface area (Å²) in [5, 5.41) is 6.29. The van der Waals surface area contributed by atoms with Crippen LogP contribution in [0.2, 0.25) is 0 Å². The second-order valence-corrected chi connectivity index (χ2v) is 7.90. The monoisotopic (exact) mass is 487 g/mol. The molecule has 4 rings (SSSR count). The van der Waals surface area contributed by atoms with Gasteiger partial charge in [-0.2, -0.15) is 18.2 Å². The maximum atomic E-state index is 13.3. The minimum absolute atomic E-state index is 0.0735. The number of alkyl halides is 3. The van der Waals surface area contributed by atoms with Crippen molar-refractivity contribution >= 4 is 17.4 Å². The number of fused-ring (bicyclic) bond motifs is 1. The molecule has 35 heavy (non-hydrogen) atoms. The molecule has 0 atom stereocenters. The first-order chi connectivity index (χ1) is 16.6. The second-order valence-electron chi connectivity index (χ2n) is 7.90. The summed E-state index contributed by atoms with van der Waals surface area (Å²) in [6.45, 7) is 3.44. The van der Waals surface area contributed by atoms with E-state index in [1.165, 1.54) is 12.1 Å². The number of carbonyl (C=O) groups is 1. The van der Waals surface area contributed by atoms with Gasteiger partial charge >= 0.3 is 6.18 Å². The molecule has 0 radical (unpaired) electrons. The van der Waals surface area contributed by atoms with Crippen LogP contribution in [0.3, 0.4) is 0 Å². The number of nitrogens with zero attached hydrogens (tertiary/aromatic N) is 4. The van der Waals surface area contributed by atoms with E-state index in [2.05, 4.69) is 20.4 Å². The highest BCUT2D eigenvalue weighted by Gasteiger charge is 2.37. The van der Waals surface area contributed by atoms with E-state index in [1.807, 2.05) is 0 Å². The number of rotatable bonds is 7. The number of anilines is 1. The molecule has 4 aromatic rings. The van der Waals surface area contributed by atoms with Crippen molar-refractivity contribution in [3.05, 3.63) is 82.7 Å². The first-order valence-electron chi connectivity index (χ1n) is 10.7. The Labute approximate surface area is 197 Å². The van der Waals surface area contributed by atoms with Gasteiger partial charge in [0.2, 0.25) is 5.91 Å². The zero-order chi connectivity index (χ0) is 25.2. The summed E-state index contributed by atoms with van der Waals surface area (Å²) in [6.07, 6.45) is -4.35. The number of carbonyl (C=O) groups excluding carboxylic acids is 1. The van der Waals surface area contributed by atoms with Crippen LogP contribution in [0.1, 0.15) is 34.8 Å². The Morgan fingerprint density at radius 2 is 1.86 bits per heavy atom. The van der Waals surface area contributed by atoms with Crippen molar-refractivity contribution in [3.63, 3.8) is 0 Å². The first kappa shape index (κ1) is 24.1. The van der Waals surface area contributed by atoms with Gasteiger partial charge in [0.25, 0.3) is 11.6 Å². The number of ether oxygens (including phenoxy) is 1. The third-order valence-electron chi connectivity index (χ3n) is 5.32. The summed E-state index contributed by atoms with van der Waals surface area (Å²) in [6, 6.07) is 12.9. The van der Waals surface area contributed by atoms with Crippen molar-refractivity contribution < 1.29 is 27.1 Å². The van der Waals surface area contributed by atoms with Crippen LogP contribution in [0.5, 0.6) is 5.75 Å². The summed E-state index contributed by atoms with van der Waals surface area (Å²) in [5.74, 6) is -1.55. The predicted octanol–water partition coefficient (Wildman–Crippen LogP) is 5.05. The molecular weight excluding hydrogens is 466 g/mol. The Kier molecular flexibility index (Phi) is 6.68. The molecule has 0 unspecified atom stereocenters. The van der Waals surface area contributed by atoms with Crippen molar-refractivity contribution in [2.24, 2.45) is 0 Å². The molecule has 0 spiro atoms. The molecule has 0 aliphatic rings. The second kappa shape index (κ2) is 9.69. The molecule has 0 aliphatic heterocycles. The van der Waals surface area contributed by atoms with Crippen LogP contribution in [-0.4, -0.2) is 25.5 Å². The Hall–Kier alpha value is -4.02. The van der Waals surface area contributed by atoms with E-state index in [1.54, 1.807) is 50.2 Å². The van der Waals surface area contributed by atoms with Crippen molar-refractivity contribution in [2.75, 3.05) is 5.32 Å². The van der Waals surface area contributed by atoms with Gasteiger partial charge in [0.15, 0.2) is 0 Å². The summed E-state index contributed by atoms with van der Waals surface area (Å²) in [7, 11) is 0. The highest BCUT2D eigenvalue weighted by molar-refractivity contribution is 5.91. The fourth-order valence-corrected chi connectivity index (χ4v) is 3.61. The average molecular weight is 487 g/mol. The number of halogens is 4. The fraction of sp³-hybridized carbons (Fsp3) is 0.250.